The van der Waals surface area contributed by atoms with E-state index in [2.05, 4.69) is 10.6 Å². The van der Waals surface area contributed by atoms with Crippen molar-refractivity contribution in [3.05, 3.63) is 33.6 Å². The summed E-state index contributed by atoms with van der Waals surface area (Å²) in [6, 6.07) is 1.81. The van der Waals surface area contributed by atoms with Crippen LogP contribution in [0.4, 0.5) is 9.18 Å². The van der Waals surface area contributed by atoms with Crippen LogP contribution in [-0.2, 0) is 0 Å². The standard InChI is InChI=1S/C9H7Cl2FN2O/c10-4-1-2-5(12)7(8(4)11)6-3-13-9(15)14-6/h1-2,6H,3H2,(H2,13,14,15)/t6-/m1/s1. The lowest BCUT2D eigenvalue weighted by atomic mass is 10.1. The molecule has 3 nitrogen and oxygen atoms in total. The Balaban J connectivity index is 2.43. The van der Waals surface area contributed by atoms with Crippen LogP contribution in [-0.4, -0.2) is 12.6 Å². The molecule has 1 aromatic rings. The van der Waals surface area contributed by atoms with Crippen molar-refractivity contribution in [3.8, 4) is 0 Å². The smallest absolute Gasteiger partial charge is 0.315 e. The molecule has 0 aliphatic carbocycles. The van der Waals surface area contributed by atoms with Crippen LogP contribution < -0.4 is 10.6 Å². The fourth-order valence-corrected chi connectivity index (χ4v) is 1.94. The number of urea groups is 1. The molecular weight excluding hydrogens is 242 g/mol. The van der Waals surface area contributed by atoms with Gasteiger partial charge in [-0.3, -0.25) is 0 Å². The van der Waals surface area contributed by atoms with Crippen LogP contribution in [0.15, 0.2) is 12.1 Å². The van der Waals surface area contributed by atoms with Gasteiger partial charge in [0.05, 0.1) is 16.1 Å². The molecule has 1 aromatic carbocycles. The second kappa shape index (κ2) is 3.87. The van der Waals surface area contributed by atoms with Gasteiger partial charge in [0.2, 0.25) is 0 Å². The van der Waals surface area contributed by atoms with Crippen LogP contribution in [0.5, 0.6) is 0 Å². The van der Waals surface area contributed by atoms with Crippen LogP contribution in [0.1, 0.15) is 11.6 Å². The molecule has 2 amide bonds. The molecule has 0 aromatic heterocycles. The molecule has 0 spiro atoms. The predicted octanol–water partition coefficient (Wildman–Crippen LogP) is 2.49. The third-order valence-corrected chi connectivity index (χ3v) is 3.02. The fraction of sp³-hybridized carbons (Fsp3) is 0.222. The van der Waals surface area contributed by atoms with Crippen molar-refractivity contribution in [2.75, 3.05) is 6.54 Å². The summed E-state index contributed by atoms with van der Waals surface area (Å²) in [5, 5.41) is 5.49. The Morgan fingerprint density at radius 2 is 2.13 bits per heavy atom. The van der Waals surface area contributed by atoms with Crippen LogP contribution in [0.2, 0.25) is 10.0 Å². The van der Waals surface area contributed by atoms with Gasteiger partial charge in [-0.1, -0.05) is 23.2 Å². The fourth-order valence-electron chi connectivity index (χ4n) is 1.49. The second-order valence-corrected chi connectivity index (χ2v) is 3.95. The number of amides is 2. The van der Waals surface area contributed by atoms with Crippen LogP contribution in [0.3, 0.4) is 0 Å². The molecule has 6 heteroatoms. The largest absolute Gasteiger partial charge is 0.336 e. The summed E-state index contributed by atoms with van der Waals surface area (Å²) >= 11 is 11.6. The lowest BCUT2D eigenvalue weighted by Gasteiger charge is -2.12. The van der Waals surface area contributed by atoms with Crippen molar-refractivity contribution in [1.82, 2.24) is 10.6 Å². The number of halogens is 3. The first-order valence-corrected chi connectivity index (χ1v) is 5.03. The van der Waals surface area contributed by atoms with E-state index in [1.807, 2.05) is 0 Å². The molecule has 1 aliphatic heterocycles. The molecular formula is C9H7Cl2FN2O. The summed E-state index contributed by atoms with van der Waals surface area (Å²) in [5.74, 6) is -0.474. The van der Waals surface area contributed by atoms with Crippen molar-refractivity contribution in [3.63, 3.8) is 0 Å². The topological polar surface area (TPSA) is 41.1 Å². The number of benzene rings is 1. The molecule has 0 unspecified atom stereocenters. The van der Waals surface area contributed by atoms with Crippen molar-refractivity contribution < 1.29 is 9.18 Å². The third kappa shape index (κ3) is 1.87. The molecule has 2 N–H and O–H groups in total. The van der Waals surface area contributed by atoms with Crippen LogP contribution in [0, 0.1) is 5.82 Å². The maximum Gasteiger partial charge on any atom is 0.315 e. The van der Waals surface area contributed by atoms with Crippen molar-refractivity contribution >= 4 is 29.2 Å². The number of nitrogens with one attached hydrogen (secondary N) is 2. The normalized spacial score (nSPS) is 19.9. The molecule has 0 saturated carbocycles. The van der Waals surface area contributed by atoms with Crippen LogP contribution >= 0.6 is 23.2 Å². The Kier molecular flexibility index (Phi) is 2.71. The Labute approximate surface area is 95.6 Å². The lowest BCUT2D eigenvalue weighted by Crippen LogP contribution is -2.22. The van der Waals surface area contributed by atoms with E-state index in [-0.39, 0.29) is 21.6 Å². The summed E-state index contributed by atoms with van der Waals surface area (Å²) in [7, 11) is 0. The van der Waals surface area contributed by atoms with E-state index in [4.69, 9.17) is 23.2 Å². The molecule has 2 rings (SSSR count). The van der Waals surface area contributed by atoms with Gasteiger partial charge in [-0.2, -0.15) is 0 Å². The summed E-state index contributed by atoms with van der Waals surface area (Å²) in [6.07, 6.45) is 0. The number of rotatable bonds is 1. The van der Waals surface area contributed by atoms with E-state index in [9.17, 15) is 9.18 Å². The highest BCUT2D eigenvalue weighted by Gasteiger charge is 2.27. The summed E-state index contributed by atoms with van der Waals surface area (Å²) in [6.45, 7) is 0.301. The maximum atomic E-state index is 13.5. The molecule has 1 heterocycles. The van der Waals surface area contributed by atoms with Crippen molar-refractivity contribution in [1.29, 1.82) is 0 Å². The molecule has 15 heavy (non-hydrogen) atoms. The number of carbonyl (C=O) groups excluding carboxylic acids is 1. The SMILES string of the molecule is O=C1NC[C@H](c2c(F)ccc(Cl)c2Cl)N1. The van der Waals surface area contributed by atoms with Gasteiger partial charge >= 0.3 is 6.03 Å². The minimum Gasteiger partial charge on any atom is -0.336 e. The number of hydrogen-bond donors (Lipinski definition) is 2. The highest BCUT2D eigenvalue weighted by Crippen LogP contribution is 2.32. The molecule has 1 fully saturated rings. The van der Waals surface area contributed by atoms with E-state index in [0.29, 0.717) is 6.54 Å². The van der Waals surface area contributed by atoms with E-state index in [1.54, 1.807) is 0 Å². The van der Waals surface area contributed by atoms with E-state index >= 15 is 0 Å². The average Bonchev–Trinajstić information content (AvgIpc) is 2.59. The number of hydrogen-bond acceptors (Lipinski definition) is 1. The van der Waals surface area contributed by atoms with Gasteiger partial charge in [0, 0.05) is 12.1 Å². The highest BCUT2D eigenvalue weighted by atomic mass is 35.5. The first-order valence-electron chi connectivity index (χ1n) is 4.27. The first kappa shape index (κ1) is 10.5. The Morgan fingerprint density at radius 3 is 2.73 bits per heavy atom. The van der Waals surface area contributed by atoms with Crippen molar-refractivity contribution in [2.45, 2.75) is 6.04 Å². The van der Waals surface area contributed by atoms with Gasteiger partial charge < -0.3 is 10.6 Å². The van der Waals surface area contributed by atoms with E-state index in [0.717, 1.165) is 0 Å². The predicted molar refractivity (Wildman–Crippen MR) is 55.7 cm³/mol. The van der Waals surface area contributed by atoms with Crippen LogP contribution in [0.25, 0.3) is 0 Å². The quantitative estimate of drug-likeness (QED) is 0.737. The third-order valence-electron chi connectivity index (χ3n) is 2.20. The summed E-state index contributed by atoms with van der Waals surface area (Å²) < 4.78 is 13.5. The number of carbonyl (C=O) groups is 1. The first-order chi connectivity index (χ1) is 7.09. The van der Waals surface area contributed by atoms with Gasteiger partial charge in [-0.25, -0.2) is 9.18 Å². The Bertz CT molecular complexity index is 425. The van der Waals surface area contributed by atoms with Gasteiger partial charge in [0.25, 0.3) is 0 Å². The van der Waals surface area contributed by atoms with Gasteiger partial charge in [-0.05, 0) is 12.1 Å². The zero-order chi connectivity index (χ0) is 11.0. The average molecular weight is 249 g/mol. The molecule has 1 aliphatic rings. The molecule has 0 radical (unpaired) electrons. The zero-order valence-corrected chi connectivity index (χ0v) is 8.99. The highest BCUT2D eigenvalue weighted by molar-refractivity contribution is 6.42. The summed E-state index contributed by atoms with van der Waals surface area (Å²) in [4.78, 5) is 10.9. The maximum absolute atomic E-state index is 13.5. The summed E-state index contributed by atoms with van der Waals surface area (Å²) in [5.41, 5.74) is 0.225. The Morgan fingerprint density at radius 1 is 1.40 bits per heavy atom. The molecule has 0 bridgehead atoms. The zero-order valence-electron chi connectivity index (χ0n) is 7.48. The molecule has 1 atom stereocenters. The molecule has 1 saturated heterocycles. The minimum absolute atomic E-state index is 0.144. The van der Waals surface area contributed by atoms with E-state index < -0.39 is 11.9 Å². The van der Waals surface area contributed by atoms with Gasteiger partial charge in [0.15, 0.2) is 0 Å². The van der Waals surface area contributed by atoms with Crippen molar-refractivity contribution in [2.24, 2.45) is 0 Å². The van der Waals surface area contributed by atoms with E-state index in [1.165, 1.54) is 12.1 Å². The van der Waals surface area contributed by atoms with Gasteiger partial charge in [-0.15, -0.1) is 0 Å². The second-order valence-electron chi connectivity index (χ2n) is 3.16. The monoisotopic (exact) mass is 248 g/mol. The minimum atomic E-state index is -0.474. The Hall–Kier alpha value is -1.000. The van der Waals surface area contributed by atoms with Gasteiger partial charge in [0.1, 0.15) is 5.82 Å². The molecule has 80 valence electrons. The lowest BCUT2D eigenvalue weighted by molar-refractivity contribution is 0.247.